The maximum absolute atomic E-state index is 12.9. The number of ether oxygens (including phenoxy) is 4. The molecule has 1 fully saturated rings. The highest BCUT2D eigenvalue weighted by molar-refractivity contribution is 7.80. The molecule has 1 heterocycles. The normalized spacial score (nSPS) is 14.9. The number of amides is 1. The van der Waals surface area contributed by atoms with Crippen LogP contribution in [0.25, 0.3) is 6.08 Å². The molecule has 0 unspecified atom stereocenters. The van der Waals surface area contributed by atoms with Crippen molar-refractivity contribution >= 4 is 35.0 Å². The van der Waals surface area contributed by atoms with Gasteiger partial charge in [0.15, 0.2) is 16.6 Å². The molecule has 1 saturated heterocycles. The van der Waals surface area contributed by atoms with E-state index in [0.717, 1.165) is 0 Å². The zero-order valence-corrected chi connectivity index (χ0v) is 16.8. The predicted octanol–water partition coefficient (Wildman–Crippen LogP) is 2.98. The van der Waals surface area contributed by atoms with Crippen molar-refractivity contribution < 1.29 is 23.7 Å². The molecular weight excluding hydrogens is 380 g/mol. The number of nitrogens with zero attached hydrogens (tertiary/aromatic N) is 1. The lowest BCUT2D eigenvalue weighted by Gasteiger charge is -2.14. The van der Waals surface area contributed by atoms with Gasteiger partial charge in [-0.2, -0.15) is 0 Å². The van der Waals surface area contributed by atoms with Gasteiger partial charge in [-0.15, -0.1) is 0 Å². The molecule has 1 amide bonds. The lowest BCUT2D eigenvalue weighted by atomic mass is 10.1. The molecule has 1 aliphatic rings. The summed E-state index contributed by atoms with van der Waals surface area (Å²) in [5, 5.41) is 3.26. The van der Waals surface area contributed by atoms with Gasteiger partial charge in [0.1, 0.15) is 11.4 Å². The van der Waals surface area contributed by atoms with Crippen molar-refractivity contribution in [1.29, 1.82) is 0 Å². The summed E-state index contributed by atoms with van der Waals surface area (Å²) in [7, 11) is 6.19. The van der Waals surface area contributed by atoms with Crippen LogP contribution in [0.2, 0.25) is 0 Å². The van der Waals surface area contributed by atoms with E-state index in [1.54, 1.807) is 49.6 Å². The monoisotopic (exact) mass is 400 g/mol. The Morgan fingerprint density at radius 2 is 1.54 bits per heavy atom. The van der Waals surface area contributed by atoms with Gasteiger partial charge in [0.05, 0.1) is 34.1 Å². The Labute approximate surface area is 168 Å². The van der Waals surface area contributed by atoms with Crippen LogP contribution in [0.4, 0.5) is 5.69 Å². The van der Waals surface area contributed by atoms with E-state index < -0.39 is 0 Å². The summed E-state index contributed by atoms with van der Waals surface area (Å²) < 4.78 is 21.2. The Morgan fingerprint density at radius 1 is 0.929 bits per heavy atom. The summed E-state index contributed by atoms with van der Waals surface area (Å²) in [4.78, 5) is 14.3. The maximum atomic E-state index is 12.9. The quantitative estimate of drug-likeness (QED) is 0.591. The van der Waals surface area contributed by atoms with Crippen LogP contribution in [0.5, 0.6) is 23.0 Å². The van der Waals surface area contributed by atoms with Crippen molar-refractivity contribution in [1.82, 2.24) is 5.32 Å². The van der Waals surface area contributed by atoms with Gasteiger partial charge >= 0.3 is 0 Å². The zero-order valence-electron chi connectivity index (χ0n) is 15.9. The van der Waals surface area contributed by atoms with E-state index in [2.05, 4.69) is 5.32 Å². The van der Waals surface area contributed by atoms with Crippen molar-refractivity contribution in [2.75, 3.05) is 33.3 Å². The van der Waals surface area contributed by atoms with Crippen LogP contribution < -0.4 is 29.2 Å². The van der Waals surface area contributed by atoms with E-state index in [-0.39, 0.29) is 5.91 Å². The number of hydrogen-bond acceptors (Lipinski definition) is 6. The van der Waals surface area contributed by atoms with Gasteiger partial charge < -0.3 is 24.3 Å². The van der Waals surface area contributed by atoms with Gasteiger partial charge in [0.25, 0.3) is 5.91 Å². The average molecular weight is 400 g/mol. The second kappa shape index (κ2) is 8.18. The van der Waals surface area contributed by atoms with E-state index >= 15 is 0 Å². The lowest BCUT2D eigenvalue weighted by Crippen LogP contribution is -2.30. The van der Waals surface area contributed by atoms with Crippen LogP contribution in [-0.4, -0.2) is 39.5 Å². The van der Waals surface area contributed by atoms with Crippen LogP contribution >= 0.6 is 12.2 Å². The van der Waals surface area contributed by atoms with Crippen LogP contribution in [0.1, 0.15) is 5.56 Å². The van der Waals surface area contributed by atoms with Crippen molar-refractivity contribution in [2.24, 2.45) is 0 Å². The molecule has 146 valence electrons. The van der Waals surface area contributed by atoms with E-state index in [1.807, 2.05) is 0 Å². The Morgan fingerprint density at radius 3 is 2.04 bits per heavy atom. The minimum Gasteiger partial charge on any atom is -0.497 e. The fraction of sp³-hybridized carbons (Fsp3) is 0.200. The molecule has 7 nitrogen and oxygen atoms in total. The number of thiocarbonyl (C=S) groups is 1. The van der Waals surface area contributed by atoms with Crippen LogP contribution in [0.3, 0.4) is 0 Å². The number of carbonyl (C=O) groups excluding carboxylic acids is 1. The minimum atomic E-state index is -0.260. The molecule has 1 aliphatic heterocycles. The van der Waals surface area contributed by atoms with Crippen LogP contribution in [0, 0.1) is 0 Å². The molecule has 0 radical (unpaired) electrons. The van der Waals surface area contributed by atoms with Gasteiger partial charge in [0, 0.05) is 0 Å². The second-order valence-corrected chi connectivity index (χ2v) is 6.17. The lowest BCUT2D eigenvalue weighted by molar-refractivity contribution is -0.113. The van der Waals surface area contributed by atoms with Crippen LogP contribution in [0.15, 0.2) is 42.1 Å². The smallest absolute Gasteiger partial charge is 0.281 e. The van der Waals surface area contributed by atoms with Gasteiger partial charge in [-0.05, 0) is 60.3 Å². The molecule has 28 heavy (non-hydrogen) atoms. The number of anilines is 1. The molecule has 8 heteroatoms. The van der Waals surface area contributed by atoms with Gasteiger partial charge in [-0.3, -0.25) is 9.69 Å². The molecule has 0 bridgehead atoms. The first-order valence-corrected chi connectivity index (χ1v) is 8.74. The molecule has 0 aromatic heterocycles. The van der Waals surface area contributed by atoms with E-state index in [4.69, 9.17) is 31.2 Å². The van der Waals surface area contributed by atoms with Crippen LogP contribution in [-0.2, 0) is 4.79 Å². The predicted molar refractivity (Wildman–Crippen MR) is 110 cm³/mol. The summed E-state index contributed by atoms with van der Waals surface area (Å²) >= 11 is 5.34. The highest BCUT2D eigenvalue weighted by atomic mass is 32.1. The Hall–Kier alpha value is -3.26. The number of rotatable bonds is 6. The fourth-order valence-corrected chi connectivity index (χ4v) is 3.15. The number of carbonyl (C=O) groups is 1. The molecule has 3 rings (SSSR count). The zero-order chi connectivity index (χ0) is 20.3. The summed E-state index contributed by atoms with van der Waals surface area (Å²) in [6, 6.07) is 10.6. The third-order valence-electron chi connectivity index (χ3n) is 4.21. The number of benzene rings is 2. The molecule has 0 spiro atoms. The number of nitrogens with one attached hydrogen (secondary N) is 1. The fourth-order valence-electron chi connectivity index (χ4n) is 2.85. The average Bonchev–Trinajstić information content (AvgIpc) is 3.00. The first kappa shape index (κ1) is 19.5. The van der Waals surface area contributed by atoms with Crippen molar-refractivity contribution in [3.05, 3.63) is 47.7 Å². The molecule has 0 atom stereocenters. The molecule has 0 saturated carbocycles. The summed E-state index contributed by atoms with van der Waals surface area (Å²) in [5.41, 5.74) is 1.69. The molecule has 2 aromatic carbocycles. The third kappa shape index (κ3) is 3.59. The second-order valence-electron chi connectivity index (χ2n) is 5.79. The molecule has 1 N–H and O–H groups in total. The van der Waals surface area contributed by atoms with Gasteiger partial charge in [-0.25, -0.2) is 0 Å². The first-order chi connectivity index (χ1) is 13.5. The summed E-state index contributed by atoms with van der Waals surface area (Å²) in [6.45, 7) is 0. The molecule has 0 aliphatic carbocycles. The SMILES string of the molecule is COc1ccc(N2C(=O)/C(=C\c3cc(OC)c(OC)c(OC)c3)NC2=S)cc1. The Kier molecular flexibility index (Phi) is 5.70. The van der Waals surface area contributed by atoms with Gasteiger partial charge in [-0.1, -0.05) is 0 Å². The van der Waals surface area contributed by atoms with Crippen molar-refractivity contribution in [2.45, 2.75) is 0 Å². The molecule has 2 aromatic rings. The third-order valence-corrected chi connectivity index (χ3v) is 4.49. The largest absolute Gasteiger partial charge is 0.497 e. The number of methoxy groups -OCH3 is 4. The Bertz CT molecular complexity index is 915. The van der Waals surface area contributed by atoms with E-state index in [1.165, 1.54) is 26.2 Å². The van der Waals surface area contributed by atoms with E-state index in [0.29, 0.717) is 45.1 Å². The van der Waals surface area contributed by atoms with E-state index in [9.17, 15) is 4.79 Å². The summed E-state index contributed by atoms with van der Waals surface area (Å²) in [5.74, 6) is 1.90. The van der Waals surface area contributed by atoms with Crippen molar-refractivity contribution in [3.8, 4) is 23.0 Å². The standard InChI is InChI=1S/C20H20N2O5S/c1-24-14-7-5-13(6-8-14)22-19(23)15(21-20(22)28)9-12-10-16(25-2)18(27-4)17(11-12)26-3/h5-11H,1-4H3,(H,21,28)/b15-9+. The van der Waals surface area contributed by atoms with Gasteiger partial charge in [0.2, 0.25) is 5.75 Å². The highest BCUT2D eigenvalue weighted by Gasteiger charge is 2.32. The molecular formula is C20H20N2O5S. The number of hydrogen-bond donors (Lipinski definition) is 1. The topological polar surface area (TPSA) is 69.3 Å². The highest BCUT2D eigenvalue weighted by Crippen LogP contribution is 2.39. The Balaban J connectivity index is 1.95. The maximum Gasteiger partial charge on any atom is 0.281 e. The first-order valence-electron chi connectivity index (χ1n) is 8.33. The minimum absolute atomic E-state index is 0.260. The van der Waals surface area contributed by atoms with Crippen molar-refractivity contribution in [3.63, 3.8) is 0 Å². The summed E-state index contributed by atoms with van der Waals surface area (Å²) in [6.07, 6.45) is 1.68.